The maximum absolute atomic E-state index is 11.0. The third-order valence-electron chi connectivity index (χ3n) is 1.49. The summed E-state index contributed by atoms with van der Waals surface area (Å²) >= 11 is 0. The molecule has 0 fully saturated rings. The molecule has 0 aliphatic carbocycles. The van der Waals surface area contributed by atoms with E-state index in [2.05, 4.69) is 9.97 Å². The first-order chi connectivity index (χ1) is 5.61. The Morgan fingerprint density at radius 1 is 1.75 bits per heavy atom. The minimum atomic E-state index is -1.03. The Labute approximate surface area is 68.1 Å². The summed E-state index contributed by atoms with van der Waals surface area (Å²) < 4.78 is 0. The van der Waals surface area contributed by atoms with Crippen LogP contribution < -0.4 is 5.56 Å². The molecular formula is C7H8N2O3. The smallest absolute Gasteiger partial charge is 0.308 e. The SMILES string of the molecule is Cc1nc[nH]c(=O)c1CC(=O)O. The van der Waals surface area contributed by atoms with Gasteiger partial charge in [0.2, 0.25) is 0 Å². The molecule has 0 spiro atoms. The van der Waals surface area contributed by atoms with Crippen molar-refractivity contribution in [3.8, 4) is 0 Å². The van der Waals surface area contributed by atoms with Crippen LogP contribution in [0.2, 0.25) is 0 Å². The minimum absolute atomic E-state index is 0.213. The molecule has 5 nitrogen and oxygen atoms in total. The first kappa shape index (κ1) is 8.45. The number of carbonyl (C=O) groups is 1. The molecule has 0 atom stereocenters. The van der Waals surface area contributed by atoms with Crippen molar-refractivity contribution in [2.45, 2.75) is 13.3 Å². The molecule has 0 unspecified atom stereocenters. The van der Waals surface area contributed by atoms with Crippen LogP contribution in [0.1, 0.15) is 11.3 Å². The predicted octanol–water partition coefficient (Wildman–Crippen LogP) is -0.295. The Kier molecular flexibility index (Phi) is 2.23. The van der Waals surface area contributed by atoms with Gasteiger partial charge in [-0.25, -0.2) is 4.98 Å². The monoisotopic (exact) mass is 168 g/mol. The summed E-state index contributed by atoms with van der Waals surface area (Å²) in [5.41, 5.74) is 0.288. The third-order valence-corrected chi connectivity index (χ3v) is 1.49. The van der Waals surface area contributed by atoms with Gasteiger partial charge in [0.25, 0.3) is 5.56 Å². The molecule has 0 saturated heterocycles. The summed E-state index contributed by atoms with van der Waals surface area (Å²) in [5.74, 6) is -1.03. The number of hydrogen-bond acceptors (Lipinski definition) is 3. The van der Waals surface area contributed by atoms with Crippen LogP contribution >= 0.6 is 0 Å². The fraction of sp³-hybridized carbons (Fsp3) is 0.286. The van der Waals surface area contributed by atoms with Gasteiger partial charge >= 0.3 is 5.97 Å². The predicted molar refractivity (Wildman–Crippen MR) is 40.9 cm³/mol. The highest BCUT2D eigenvalue weighted by Gasteiger charge is 2.08. The van der Waals surface area contributed by atoms with Gasteiger partial charge < -0.3 is 10.1 Å². The molecule has 1 rings (SSSR count). The number of nitrogens with zero attached hydrogens (tertiary/aromatic N) is 1. The maximum Gasteiger partial charge on any atom is 0.308 e. The molecule has 0 aliphatic heterocycles. The summed E-state index contributed by atoms with van der Waals surface area (Å²) in [6.07, 6.45) is 0.970. The molecule has 1 heterocycles. The van der Waals surface area contributed by atoms with Crippen molar-refractivity contribution in [2.24, 2.45) is 0 Å². The molecule has 0 saturated carbocycles. The van der Waals surface area contributed by atoms with Crippen LogP contribution in [0.5, 0.6) is 0 Å². The average molecular weight is 168 g/mol. The molecule has 2 N–H and O–H groups in total. The third kappa shape index (κ3) is 1.69. The Hall–Kier alpha value is -1.65. The highest BCUT2D eigenvalue weighted by molar-refractivity contribution is 5.70. The van der Waals surface area contributed by atoms with Crippen molar-refractivity contribution in [3.05, 3.63) is 27.9 Å². The van der Waals surface area contributed by atoms with E-state index in [9.17, 15) is 9.59 Å². The first-order valence-electron chi connectivity index (χ1n) is 3.36. The first-order valence-corrected chi connectivity index (χ1v) is 3.36. The zero-order chi connectivity index (χ0) is 9.14. The van der Waals surface area contributed by atoms with Gasteiger partial charge in [-0.2, -0.15) is 0 Å². The van der Waals surface area contributed by atoms with E-state index in [1.165, 1.54) is 6.33 Å². The number of nitrogens with one attached hydrogen (secondary N) is 1. The van der Waals surface area contributed by atoms with Crippen molar-refractivity contribution >= 4 is 5.97 Å². The van der Waals surface area contributed by atoms with Crippen LogP contribution in [0.3, 0.4) is 0 Å². The maximum atomic E-state index is 11.0. The van der Waals surface area contributed by atoms with E-state index in [1.54, 1.807) is 6.92 Å². The molecule has 64 valence electrons. The number of aromatic amines is 1. The van der Waals surface area contributed by atoms with Gasteiger partial charge in [0, 0.05) is 11.3 Å². The highest BCUT2D eigenvalue weighted by atomic mass is 16.4. The largest absolute Gasteiger partial charge is 0.481 e. The summed E-state index contributed by atoms with van der Waals surface area (Å²) in [4.78, 5) is 27.4. The summed E-state index contributed by atoms with van der Waals surface area (Å²) in [7, 11) is 0. The number of aliphatic carboxylic acids is 1. The topological polar surface area (TPSA) is 83.0 Å². The lowest BCUT2D eigenvalue weighted by molar-refractivity contribution is -0.136. The average Bonchev–Trinajstić information content (AvgIpc) is 1.97. The van der Waals surface area contributed by atoms with E-state index in [-0.39, 0.29) is 17.5 Å². The van der Waals surface area contributed by atoms with Crippen LogP contribution in [0.15, 0.2) is 11.1 Å². The number of carboxylic acid groups (broad SMARTS) is 1. The van der Waals surface area contributed by atoms with Gasteiger partial charge in [-0.1, -0.05) is 0 Å². The van der Waals surface area contributed by atoms with Crippen molar-refractivity contribution < 1.29 is 9.90 Å². The van der Waals surface area contributed by atoms with Crippen molar-refractivity contribution in [2.75, 3.05) is 0 Å². The van der Waals surface area contributed by atoms with Gasteiger partial charge in [-0.15, -0.1) is 0 Å². The van der Waals surface area contributed by atoms with Crippen molar-refractivity contribution in [1.29, 1.82) is 0 Å². The Bertz CT molecular complexity index is 356. The Balaban J connectivity index is 3.13. The van der Waals surface area contributed by atoms with E-state index >= 15 is 0 Å². The number of rotatable bonds is 2. The van der Waals surface area contributed by atoms with Crippen LogP contribution in [0, 0.1) is 6.92 Å². The molecule has 1 aromatic heterocycles. The Morgan fingerprint density at radius 3 is 2.92 bits per heavy atom. The number of carboxylic acids is 1. The quantitative estimate of drug-likeness (QED) is 0.635. The van der Waals surface area contributed by atoms with Crippen LogP contribution in [-0.2, 0) is 11.2 Å². The zero-order valence-electron chi connectivity index (χ0n) is 6.50. The summed E-state index contributed by atoms with van der Waals surface area (Å²) in [6.45, 7) is 1.60. The van der Waals surface area contributed by atoms with Crippen LogP contribution in [0.4, 0.5) is 0 Å². The van der Waals surface area contributed by atoms with Gasteiger partial charge in [0.1, 0.15) is 0 Å². The van der Waals surface area contributed by atoms with E-state index in [4.69, 9.17) is 5.11 Å². The Morgan fingerprint density at radius 2 is 2.42 bits per heavy atom. The van der Waals surface area contributed by atoms with E-state index < -0.39 is 5.97 Å². The van der Waals surface area contributed by atoms with Gasteiger partial charge in [0.05, 0.1) is 12.7 Å². The number of hydrogen-bond donors (Lipinski definition) is 2. The second-order valence-electron chi connectivity index (χ2n) is 2.37. The molecule has 0 radical (unpaired) electrons. The van der Waals surface area contributed by atoms with Gasteiger partial charge in [0.15, 0.2) is 0 Å². The molecule has 0 aromatic carbocycles. The standard InChI is InChI=1S/C7H8N2O3/c1-4-5(2-6(10)11)7(12)9-3-8-4/h3H,2H2,1H3,(H,10,11)(H,8,9,12). The normalized spacial score (nSPS) is 9.75. The highest BCUT2D eigenvalue weighted by Crippen LogP contribution is 1.96. The second kappa shape index (κ2) is 3.17. The van der Waals surface area contributed by atoms with Gasteiger partial charge in [-0.3, -0.25) is 9.59 Å². The van der Waals surface area contributed by atoms with Crippen molar-refractivity contribution in [3.63, 3.8) is 0 Å². The molecule has 0 amide bonds. The number of H-pyrrole nitrogens is 1. The minimum Gasteiger partial charge on any atom is -0.481 e. The molecule has 0 aliphatic rings. The lowest BCUT2D eigenvalue weighted by Crippen LogP contribution is -2.18. The van der Waals surface area contributed by atoms with Crippen LogP contribution in [-0.4, -0.2) is 21.0 Å². The lowest BCUT2D eigenvalue weighted by Gasteiger charge is -1.97. The number of aryl methyl sites for hydroxylation is 1. The van der Waals surface area contributed by atoms with E-state index in [1.807, 2.05) is 0 Å². The number of aromatic nitrogens is 2. The van der Waals surface area contributed by atoms with Gasteiger partial charge in [-0.05, 0) is 6.92 Å². The van der Waals surface area contributed by atoms with Crippen LogP contribution in [0.25, 0.3) is 0 Å². The van der Waals surface area contributed by atoms with Crippen molar-refractivity contribution in [1.82, 2.24) is 9.97 Å². The fourth-order valence-electron chi connectivity index (χ4n) is 0.876. The second-order valence-corrected chi connectivity index (χ2v) is 2.37. The molecule has 5 heteroatoms. The molecule has 12 heavy (non-hydrogen) atoms. The molecular weight excluding hydrogens is 160 g/mol. The summed E-state index contributed by atoms with van der Waals surface area (Å²) in [6, 6.07) is 0. The molecule has 0 bridgehead atoms. The molecule has 1 aromatic rings. The lowest BCUT2D eigenvalue weighted by atomic mass is 10.2. The van der Waals surface area contributed by atoms with E-state index in [0.717, 1.165) is 0 Å². The zero-order valence-corrected chi connectivity index (χ0v) is 6.50. The fourth-order valence-corrected chi connectivity index (χ4v) is 0.876. The summed E-state index contributed by atoms with van der Waals surface area (Å²) in [5, 5.41) is 8.44. The van der Waals surface area contributed by atoms with E-state index in [0.29, 0.717) is 5.69 Å².